The van der Waals surface area contributed by atoms with Gasteiger partial charge in [-0.1, -0.05) is 0 Å². The van der Waals surface area contributed by atoms with Gasteiger partial charge in [0.1, 0.15) is 5.82 Å². The predicted octanol–water partition coefficient (Wildman–Crippen LogP) is -1.17. The van der Waals surface area contributed by atoms with Crippen molar-refractivity contribution >= 4 is 12.6 Å². The van der Waals surface area contributed by atoms with E-state index in [0.717, 1.165) is 6.20 Å². The van der Waals surface area contributed by atoms with Crippen LogP contribution in [0, 0.1) is 6.92 Å². The second-order valence-electron chi connectivity index (χ2n) is 3.27. The molecule has 0 radical (unpaired) electrons. The number of aromatic nitrogens is 2. The molecule has 1 aromatic heterocycles. The van der Waals surface area contributed by atoms with E-state index in [4.69, 9.17) is 0 Å². The Morgan fingerprint density at radius 1 is 1.36 bits per heavy atom. The van der Waals surface area contributed by atoms with Gasteiger partial charge < -0.3 is 17.5 Å². The average Bonchev–Trinajstić information content (AvgIpc) is 2.28. The number of imidazole rings is 1. The molecule has 0 aliphatic rings. The minimum Gasteiger partial charge on any atom is -0.444 e. The van der Waals surface area contributed by atoms with Gasteiger partial charge in [0.25, 0.3) is 0 Å². The number of aryl methyl sites for hydroxylation is 1. The van der Waals surface area contributed by atoms with Crippen molar-refractivity contribution in [1.29, 1.82) is 0 Å². The van der Waals surface area contributed by atoms with E-state index in [1.807, 2.05) is 0 Å². The number of rotatable bonds is 2. The molecular formula is C7H11BF3KN2. The minimum atomic E-state index is -4.95. The summed E-state index contributed by atoms with van der Waals surface area (Å²) in [5.41, 5.74) is -0.618. The standard InChI is InChI=1S/C7H11BF3N2.K/c1-5(2)13-6(3)12-4-7(13)8(9,10)11;/h4-5H,1-3H3;/q-1;+1. The van der Waals surface area contributed by atoms with Crippen LogP contribution in [0.4, 0.5) is 12.9 Å². The smallest absolute Gasteiger partial charge is 0.444 e. The second-order valence-corrected chi connectivity index (χ2v) is 3.27. The minimum absolute atomic E-state index is 0. The summed E-state index contributed by atoms with van der Waals surface area (Å²) in [7, 11) is 0. The third-order valence-corrected chi connectivity index (χ3v) is 1.86. The summed E-state index contributed by atoms with van der Waals surface area (Å²) in [6, 6.07) is -0.207. The molecule has 0 atom stereocenters. The quantitative estimate of drug-likeness (QED) is 0.585. The molecule has 0 spiro atoms. The topological polar surface area (TPSA) is 17.8 Å². The normalized spacial score (nSPS) is 11.6. The Balaban J connectivity index is 0.00000169. The molecule has 0 aliphatic heterocycles. The van der Waals surface area contributed by atoms with E-state index >= 15 is 0 Å². The van der Waals surface area contributed by atoms with Crippen molar-refractivity contribution in [3.8, 4) is 0 Å². The Morgan fingerprint density at radius 3 is 2.14 bits per heavy atom. The third kappa shape index (κ3) is 3.10. The molecule has 1 aromatic rings. The van der Waals surface area contributed by atoms with Gasteiger partial charge in [-0.25, -0.2) is 4.98 Å². The summed E-state index contributed by atoms with van der Waals surface area (Å²) >= 11 is 0. The van der Waals surface area contributed by atoms with Gasteiger partial charge in [0.15, 0.2) is 0 Å². The summed E-state index contributed by atoms with van der Waals surface area (Å²) in [5.74, 6) is 0.407. The molecule has 0 unspecified atom stereocenters. The molecule has 7 heteroatoms. The van der Waals surface area contributed by atoms with Crippen LogP contribution in [0.3, 0.4) is 0 Å². The van der Waals surface area contributed by atoms with Gasteiger partial charge in [-0.3, -0.25) is 0 Å². The molecule has 1 rings (SSSR count). The van der Waals surface area contributed by atoms with E-state index in [1.54, 1.807) is 20.8 Å². The van der Waals surface area contributed by atoms with Crippen LogP contribution < -0.4 is 57.0 Å². The molecule has 0 aromatic carbocycles. The van der Waals surface area contributed by atoms with Gasteiger partial charge >= 0.3 is 58.4 Å². The van der Waals surface area contributed by atoms with Crippen LogP contribution in [0.5, 0.6) is 0 Å². The van der Waals surface area contributed by atoms with E-state index in [2.05, 4.69) is 4.98 Å². The zero-order valence-corrected chi connectivity index (χ0v) is 11.9. The van der Waals surface area contributed by atoms with Gasteiger partial charge in [-0.15, -0.1) is 0 Å². The molecule has 0 aliphatic carbocycles. The van der Waals surface area contributed by atoms with Crippen molar-refractivity contribution in [1.82, 2.24) is 9.55 Å². The first-order valence-corrected chi connectivity index (χ1v) is 4.07. The van der Waals surface area contributed by atoms with Crippen LogP contribution in [0.2, 0.25) is 0 Å². The van der Waals surface area contributed by atoms with Gasteiger partial charge in [-0.05, 0) is 26.4 Å². The van der Waals surface area contributed by atoms with E-state index in [0.29, 0.717) is 5.82 Å². The summed E-state index contributed by atoms with van der Waals surface area (Å²) in [6.07, 6.45) is 0.898. The van der Waals surface area contributed by atoms with E-state index in [1.165, 1.54) is 4.57 Å². The van der Waals surface area contributed by atoms with Crippen LogP contribution in [0.25, 0.3) is 0 Å². The van der Waals surface area contributed by atoms with Crippen molar-refractivity contribution < 1.29 is 64.3 Å². The van der Waals surface area contributed by atoms with Gasteiger partial charge in [0, 0.05) is 12.2 Å². The zero-order valence-electron chi connectivity index (χ0n) is 8.76. The predicted molar refractivity (Wildman–Crippen MR) is 46.1 cm³/mol. The Morgan fingerprint density at radius 2 is 1.86 bits per heavy atom. The largest absolute Gasteiger partial charge is 1.00 e. The molecule has 1 heterocycles. The maximum atomic E-state index is 12.4. The van der Waals surface area contributed by atoms with Crippen LogP contribution in [0.15, 0.2) is 6.20 Å². The molecule has 74 valence electrons. The van der Waals surface area contributed by atoms with Crippen LogP contribution in [-0.2, 0) is 0 Å². The Labute approximate surface area is 124 Å². The molecule has 0 saturated heterocycles. The van der Waals surface area contributed by atoms with Crippen LogP contribution in [0.1, 0.15) is 25.7 Å². The molecular weight excluding hydrogens is 219 g/mol. The summed E-state index contributed by atoms with van der Waals surface area (Å²) < 4.78 is 38.5. The maximum absolute atomic E-state index is 12.4. The van der Waals surface area contributed by atoms with E-state index in [-0.39, 0.29) is 57.4 Å². The fourth-order valence-corrected chi connectivity index (χ4v) is 1.38. The molecule has 0 fully saturated rings. The first-order valence-electron chi connectivity index (χ1n) is 4.07. The Kier molecular flexibility index (Phi) is 5.42. The number of halogens is 3. The fraction of sp³-hybridized carbons (Fsp3) is 0.571. The molecule has 0 amide bonds. The molecule has 0 bridgehead atoms. The molecule has 14 heavy (non-hydrogen) atoms. The van der Waals surface area contributed by atoms with Crippen molar-refractivity contribution in [3.63, 3.8) is 0 Å². The monoisotopic (exact) mass is 230 g/mol. The summed E-state index contributed by atoms with van der Waals surface area (Å²) in [5, 5.41) is 0. The summed E-state index contributed by atoms with van der Waals surface area (Å²) in [6.45, 7) is 0.0450. The van der Waals surface area contributed by atoms with Gasteiger partial charge in [0.05, 0.1) is 0 Å². The van der Waals surface area contributed by atoms with Crippen molar-refractivity contribution in [2.24, 2.45) is 0 Å². The molecule has 0 N–H and O–H groups in total. The Bertz CT molecular complexity index is 308. The first-order chi connectivity index (χ1) is 5.84. The fourth-order valence-electron chi connectivity index (χ4n) is 1.38. The zero-order chi connectivity index (χ0) is 10.2. The van der Waals surface area contributed by atoms with Crippen LogP contribution in [-0.4, -0.2) is 16.5 Å². The van der Waals surface area contributed by atoms with Gasteiger partial charge in [0.2, 0.25) is 0 Å². The maximum Gasteiger partial charge on any atom is 1.00 e. The van der Waals surface area contributed by atoms with Crippen molar-refractivity contribution in [3.05, 3.63) is 12.0 Å². The SMILES string of the molecule is Cc1ncc([B-](F)(F)F)n1C(C)C.[K+]. The number of hydrogen-bond acceptors (Lipinski definition) is 1. The average molecular weight is 230 g/mol. The van der Waals surface area contributed by atoms with E-state index < -0.39 is 12.6 Å². The van der Waals surface area contributed by atoms with Crippen molar-refractivity contribution in [2.75, 3.05) is 0 Å². The summed E-state index contributed by atoms with van der Waals surface area (Å²) in [4.78, 5) is 3.66. The number of nitrogens with zero attached hydrogens (tertiary/aromatic N) is 2. The van der Waals surface area contributed by atoms with Gasteiger partial charge in [-0.2, -0.15) is 0 Å². The van der Waals surface area contributed by atoms with Crippen LogP contribution >= 0.6 is 0 Å². The molecule has 2 nitrogen and oxygen atoms in total. The van der Waals surface area contributed by atoms with E-state index in [9.17, 15) is 12.9 Å². The Hall–Kier alpha value is 0.701. The molecule has 0 saturated carbocycles. The third-order valence-electron chi connectivity index (χ3n) is 1.86. The van der Waals surface area contributed by atoms with Crippen molar-refractivity contribution in [2.45, 2.75) is 26.8 Å². The second kappa shape index (κ2) is 5.16. The first kappa shape index (κ1) is 14.7. The number of hydrogen-bond donors (Lipinski definition) is 0.